The van der Waals surface area contributed by atoms with Crippen LogP contribution in [0.5, 0.6) is 11.5 Å². The van der Waals surface area contributed by atoms with Crippen molar-refractivity contribution in [3.63, 3.8) is 0 Å². The summed E-state index contributed by atoms with van der Waals surface area (Å²) in [5.74, 6) is -4.67. The van der Waals surface area contributed by atoms with Crippen LogP contribution >= 0.6 is 0 Å². The first-order chi connectivity index (χ1) is 31.2. The summed E-state index contributed by atoms with van der Waals surface area (Å²) in [6.45, 7) is 20.7. The Balaban J connectivity index is 3.05. The summed E-state index contributed by atoms with van der Waals surface area (Å²) < 4.78 is 21.9. The fraction of sp³-hybridized carbons (Fsp3) is 0.714. The van der Waals surface area contributed by atoms with Gasteiger partial charge in [0.25, 0.3) is 0 Å². The highest BCUT2D eigenvalue weighted by atomic mass is 16.6. The molecular formula is C49H82N6O12. The number of nitrogens with one attached hydrogen (secondary N) is 6. The van der Waals surface area contributed by atoms with Crippen molar-refractivity contribution in [2.24, 2.45) is 0 Å². The molecule has 67 heavy (non-hydrogen) atoms. The van der Waals surface area contributed by atoms with Gasteiger partial charge >= 0.3 is 24.1 Å². The van der Waals surface area contributed by atoms with Crippen LogP contribution in [0.1, 0.15) is 179 Å². The molecule has 18 nitrogen and oxygen atoms in total. The van der Waals surface area contributed by atoms with Crippen LogP contribution < -0.4 is 41.4 Å². The Labute approximate surface area is 398 Å². The van der Waals surface area contributed by atoms with E-state index in [4.69, 9.17) is 18.9 Å². The third-order valence-electron chi connectivity index (χ3n) is 10.2. The highest BCUT2D eigenvalue weighted by Crippen LogP contribution is 2.33. The van der Waals surface area contributed by atoms with E-state index in [0.717, 1.165) is 25.7 Å². The van der Waals surface area contributed by atoms with Crippen molar-refractivity contribution in [3.8, 4) is 11.5 Å². The summed E-state index contributed by atoms with van der Waals surface area (Å²) in [5.41, 5.74) is -0.986. The summed E-state index contributed by atoms with van der Waals surface area (Å²) >= 11 is 0. The van der Waals surface area contributed by atoms with Gasteiger partial charge in [0.05, 0.1) is 0 Å². The van der Waals surface area contributed by atoms with E-state index in [-0.39, 0.29) is 11.5 Å². The second-order valence-electron chi connectivity index (χ2n) is 19.2. The number of ether oxygens (including phenoxy) is 4. The first kappa shape index (κ1) is 59.6. The minimum atomic E-state index is -1.23. The van der Waals surface area contributed by atoms with Gasteiger partial charge in [-0.25, -0.2) is 19.2 Å². The van der Waals surface area contributed by atoms with Crippen molar-refractivity contribution in [3.05, 3.63) is 23.8 Å². The molecule has 18 heteroatoms. The van der Waals surface area contributed by atoms with E-state index >= 15 is 0 Å². The highest BCUT2D eigenvalue weighted by molar-refractivity contribution is 5.94. The lowest BCUT2D eigenvalue weighted by molar-refractivity contribution is -0.141. The van der Waals surface area contributed by atoms with Crippen molar-refractivity contribution in [1.29, 1.82) is 0 Å². The number of hydrogen-bond donors (Lipinski definition) is 6. The summed E-state index contributed by atoms with van der Waals surface area (Å²) in [4.78, 5) is 103. The Morgan fingerprint density at radius 1 is 0.448 bits per heavy atom. The number of benzene rings is 1. The molecule has 0 aliphatic rings. The second kappa shape index (κ2) is 30.1. The number of para-hydroxylation sites is 1. The molecule has 0 spiro atoms. The van der Waals surface area contributed by atoms with E-state index in [9.17, 15) is 38.4 Å². The molecule has 380 valence electrons. The van der Waals surface area contributed by atoms with Gasteiger partial charge in [0.2, 0.25) is 23.6 Å². The first-order valence-corrected chi connectivity index (χ1v) is 24.0. The second-order valence-corrected chi connectivity index (χ2v) is 19.2. The summed E-state index contributed by atoms with van der Waals surface area (Å²) in [5, 5.41) is 14.8. The number of rotatable bonds is 28. The van der Waals surface area contributed by atoms with E-state index in [1.165, 1.54) is 105 Å². The zero-order valence-electron chi connectivity index (χ0n) is 42.5. The number of aryl methyl sites for hydroxylation is 1. The van der Waals surface area contributed by atoms with Gasteiger partial charge < -0.3 is 50.8 Å². The molecule has 6 amide bonds. The summed E-state index contributed by atoms with van der Waals surface area (Å²) in [6, 6.07) is -1.92. The van der Waals surface area contributed by atoms with Crippen molar-refractivity contribution >= 4 is 47.8 Å². The average molecular weight is 947 g/mol. The van der Waals surface area contributed by atoms with Crippen LogP contribution in [0.4, 0.5) is 9.59 Å². The van der Waals surface area contributed by atoms with Crippen LogP contribution in [-0.2, 0) is 44.7 Å². The third kappa shape index (κ3) is 25.9. The van der Waals surface area contributed by atoms with Crippen LogP contribution in [-0.4, -0.2) is 95.2 Å². The summed E-state index contributed by atoms with van der Waals surface area (Å²) in [6.07, 6.45) is 14.1. The number of hydrogen-bond acceptors (Lipinski definition) is 12. The normalized spacial score (nSPS) is 14.1. The van der Waals surface area contributed by atoms with Crippen LogP contribution in [0, 0.1) is 0 Å². The highest BCUT2D eigenvalue weighted by Gasteiger charge is 2.30. The van der Waals surface area contributed by atoms with Crippen LogP contribution in [0.25, 0.3) is 0 Å². The van der Waals surface area contributed by atoms with Crippen molar-refractivity contribution in [2.45, 2.75) is 227 Å². The van der Waals surface area contributed by atoms with Gasteiger partial charge in [0, 0.05) is 0 Å². The minimum Gasteiger partial charge on any atom is -0.444 e. The molecule has 1 aromatic carbocycles. The molecule has 0 radical (unpaired) electrons. The fourth-order valence-corrected chi connectivity index (χ4v) is 6.38. The number of esters is 2. The fourth-order valence-electron chi connectivity index (χ4n) is 6.38. The van der Waals surface area contributed by atoms with Gasteiger partial charge in [-0.15, -0.1) is 0 Å². The van der Waals surface area contributed by atoms with E-state index in [2.05, 4.69) is 38.8 Å². The molecule has 1 rings (SSSR count). The average Bonchev–Trinajstić information content (AvgIpc) is 3.21. The topological polar surface area (TPSA) is 246 Å². The number of amides is 6. The van der Waals surface area contributed by atoms with Gasteiger partial charge in [0.15, 0.2) is 11.5 Å². The Hall–Kier alpha value is -5.42. The molecule has 1 aromatic rings. The lowest BCUT2D eigenvalue weighted by Gasteiger charge is -2.23. The van der Waals surface area contributed by atoms with E-state index < -0.39 is 95.2 Å². The molecule has 6 unspecified atom stereocenters. The Kier molecular flexibility index (Phi) is 26.7. The molecule has 0 bridgehead atoms. The number of alkyl carbamates (subject to hydrolysis) is 2. The van der Waals surface area contributed by atoms with Crippen molar-refractivity contribution in [1.82, 2.24) is 31.9 Å². The predicted molar refractivity (Wildman–Crippen MR) is 255 cm³/mol. The maximum Gasteiger partial charge on any atom is 0.408 e. The van der Waals surface area contributed by atoms with Crippen molar-refractivity contribution in [2.75, 3.05) is 0 Å². The molecule has 0 saturated carbocycles. The standard InChI is InChI=1S/C49H82N6O12/c1-14-15-16-17-18-19-20-21-22-23-24-25-26-28-37-29-27-30-38(64-44(60)35(6)52-40(56)31(2)50-42(58)33(4)54-46(62)66-48(8,9)10)39(37)65-45(61)36(7)53-41(57)32(3)51-43(59)34(5)55-47(63)67-49(11,12)13/h27,29-36H,14-26,28H2,1-13H3,(H,50,58)(H,51,59)(H,52,56)(H,53,57)(H,54,62)(H,55,63). The Bertz CT molecular complexity index is 1770. The van der Waals surface area contributed by atoms with Gasteiger partial charge in [-0.3, -0.25) is 19.2 Å². The van der Waals surface area contributed by atoms with E-state index in [1.807, 2.05) is 0 Å². The number of carbonyl (C=O) groups is 8. The zero-order valence-corrected chi connectivity index (χ0v) is 42.5. The quantitative estimate of drug-likeness (QED) is 0.0283. The molecular weight excluding hydrogens is 865 g/mol. The van der Waals surface area contributed by atoms with Gasteiger partial charge in [0.1, 0.15) is 47.5 Å². The minimum absolute atomic E-state index is 0.0325. The largest absolute Gasteiger partial charge is 0.444 e. The SMILES string of the molecule is CCCCCCCCCCCCCCCc1cccc(OC(=O)C(C)NC(=O)C(C)NC(=O)C(C)NC(=O)OC(C)(C)C)c1OC(=O)C(C)NC(=O)C(C)NC(=O)C(C)NC(=O)OC(C)(C)C. The monoisotopic (exact) mass is 947 g/mol. The van der Waals surface area contributed by atoms with E-state index in [0.29, 0.717) is 12.0 Å². The molecule has 0 aliphatic carbocycles. The predicted octanol–water partition coefficient (Wildman–Crippen LogP) is 6.98. The lowest BCUT2D eigenvalue weighted by Crippen LogP contribution is -2.54. The molecule has 0 aromatic heterocycles. The molecule has 6 atom stereocenters. The maximum absolute atomic E-state index is 13.6. The number of unbranched alkanes of at least 4 members (excludes halogenated alkanes) is 12. The van der Waals surface area contributed by atoms with Gasteiger partial charge in [-0.2, -0.15) is 0 Å². The third-order valence-corrected chi connectivity index (χ3v) is 10.2. The lowest BCUT2D eigenvalue weighted by atomic mass is 10.0. The summed E-state index contributed by atoms with van der Waals surface area (Å²) in [7, 11) is 0. The van der Waals surface area contributed by atoms with Crippen LogP contribution in [0.15, 0.2) is 18.2 Å². The van der Waals surface area contributed by atoms with Crippen molar-refractivity contribution < 1.29 is 57.3 Å². The maximum atomic E-state index is 13.6. The van der Waals surface area contributed by atoms with Crippen LogP contribution in [0.3, 0.4) is 0 Å². The molecule has 0 aliphatic heterocycles. The smallest absolute Gasteiger partial charge is 0.408 e. The first-order valence-electron chi connectivity index (χ1n) is 24.0. The van der Waals surface area contributed by atoms with Gasteiger partial charge in [-0.05, 0) is 108 Å². The van der Waals surface area contributed by atoms with Gasteiger partial charge in [-0.1, -0.05) is 96.1 Å². The molecule has 6 N–H and O–H groups in total. The Morgan fingerprint density at radius 2 is 0.776 bits per heavy atom. The molecule has 0 fully saturated rings. The number of carbonyl (C=O) groups excluding carboxylic acids is 8. The van der Waals surface area contributed by atoms with E-state index in [1.54, 1.807) is 53.7 Å². The molecule has 0 saturated heterocycles. The van der Waals surface area contributed by atoms with Crippen LogP contribution in [0.2, 0.25) is 0 Å². The zero-order chi connectivity index (χ0) is 50.9. The Morgan fingerprint density at radius 3 is 1.15 bits per heavy atom. The molecule has 0 heterocycles.